The predicted molar refractivity (Wildman–Crippen MR) is 104 cm³/mol. The summed E-state index contributed by atoms with van der Waals surface area (Å²) < 4.78 is 0. The number of hydrogen-bond donors (Lipinski definition) is 2. The summed E-state index contributed by atoms with van der Waals surface area (Å²) in [6, 6.07) is 23.1. The van der Waals surface area contributed by atoms with Crippen LogP contribution in [0.1, 0.15) is 5.56 Å². The number of anilines is 4. The number of nitrogens with zero attached hydrogens (tertiary/aromatic N) is 1. The number of para-hydroxylation sites is 1. The number of benzene rings is 3. The summed E-state index contributed by atoms with van der Waals surface area (Å²) in [5, 5.41) is 2.65. The molecule has 2 amide bonds. The third kappa shape index (κ3) is 3.89. The molecule has 0 saturated heterocycles. The number of carbonyl (C=O) groups excluding carboxylic acids is 2. The fourth-order valence-electron chi connectivity index (χ4n) is 2.51. The molecule has 5 nitrogen and oxygen atoms in total. The van der Waals surface area contributed by atoms with E-state index in [4.69, 9.17) is 5.73 Å². The van der Waals surface area contributed by atoms with Crippen LogP contribution in [0.5, 0.6) is 0 Å². The summed E-state index contributed by atoms with van der Waals surface area (Å²) in [7, 11) is 0. The van der Waals surface area contributed by atoms with Gasteiger partial charge in [-0.05, 0) is 55.5 Å². The zero-order valence-electron chi connectivity index (χ0n) is 14.3. The normalized spacial score (nSPS) is 10.2. The van der Waals surface area contributed by atoms with Crippen LogP contribution in [0.3, 0.4) is 0 Å². The van der Waals surface area contributed by atoms with Crippen molar-refractivity contribution in [1.82, 2.24) is 0 Å². The molecule has 0 unspecified atom stereocenters. The lowest BCUT2D eigenvalue weighted by Crippen LogP contribution is -2.36. The summed E-state index contributed by atoms with van der Waals surface area (Å²) in [6.45, 7) is 1.95. The Balaban J connectivity index is 1.90. The molecule has 3 rings (SSSR count). The molecule has 0 saturated carbocycles. The highest BCUT2D eigenvalue weighted by molar-refractivity contribution is 6.45. The van der Waals surface area contributed by atoms with Crippen molar-refractivity contribution in [3.05, 3.63) is 84.4 Å². The van der Waals surface area contributed by atoms with Gasteiger partial charge in [0, 0.05) is 22.7 Å². The monoisotopic (exact) mass is 345 g/mol. The molecule has 0 bridgehead atoms. The topological polar surface area (TPSA) is 75.4 Å². The zero-order valence-corrected chi connectivity index (χ0v) is 14.3. The van der Waals surface area contributed by atoms with Crippen molar-refractivity contribution in [2.75, 3.05) is 16.0 Å². The SMILES string of the molecule is Cc1ccc(NC(=O)C(=O)N(c2ccccc2)c2ccc(N)cc2)cc1. The van der Waals surface area contributed by atoms with E-state index < -0.39 is 11.8 Å². The largest absolute Gasteiger partial charge is 0.399 e. The molecule has 0 aromatic heterocycles. The van der Waals surface area contributed by atoms with Crippen LogP contribution in [0.15, 0.2) is 78.9 Å². The summed E-state index contributed by atoms with van der Waals surface area (Å²) in [5.41, 5.74) is 9.12. The van der Waals surface area contributed by atoms with Crippen LogP contribution in [0.4, 0.5) is 22.7 Å². The Morgan fingerprint density at radius 2 is 1.38 bits per heavy atom. The van der Waals surface area contributed by atoms with E-state index >= 15 is 0 Å². The van der Waals surface area contributed by atoms with E-state index in [0.29, 0.717) is 22.7 Å². The van der Waals surface area contributed by atoms with Gasteiger partial charge in [-0.1, -0.05) is 35.9 Å². The van der Waals surface area contributed by atoms with Crippen LogP contribution in [-0.4, -0.2) is 11.8 Å². The lowest BCUT2D eigenvalue weighted by atomic mass is 10.2. The average molecular weight is 345 g/mol. The van der Waals surface area contributed by atoms with Gasteiger partial charge < -0.3 is 11.1 Å². The molecule has 0 spiro atoms. The zero-order chi connectivity index (χ0) is 18.5. The number of carbonyl (C=O) groups is 2. The van der Waals surface area contributed by atoms with Gasteiger partial charge in [0.25, 0.3) is 0 Å². The lowest BCUT2D eigenvalue weighted by molar-refractivity contribution is -0.134. The Hall–Kier alpha value is -3.60. The number of nitrogens with one attached hydrogen (secondary N) is 1. The van der Waals surface area contributed by atoms with E-state index in [1.54, 1.807) is 48.5 Å². The minimum Gasteiger partial charge on any atom is -0.399 e. The summed E-state index contributed by atoms with van der Waals surface area (Å²) in [6.07, 6.45) is 0. The van der Waals surface area contributed by atoms with Gasteiger partial charge in [-0.3, -0.25) is 14.5 Å². The summed E-state index contributed by atoms with van der Waals surface area (Å²) in [4.78, 5) is 26.8. The first-order chi connectivity index (χ1) is 12.5. The quantitative estimate of drug-likeness (QED) is 0.559. The van der Waals surface area contributed by atoms with Gasteiger partial charge in [-0.2, -0.15) is 0 Å². The molecule has 0 heterocycles. The molecule has 3 N–H and O–H groups in total. The molecule has 0 aliphatic carbocycles. The van der Waals surface area contributed by atoms with Crippen LogP contribution < -0.4 is 16.0 Å². The maximum atomic E-state index is 12.9. The average Bonchev–Trinajstić information content (AvgIpc) is 2.66. The number of nitrogen functional groups attached to an aromatic ring is 1. The fourth-order valence-corrected chi connectivity index (χ4v) is 2.51. The molecule has 26 heavy (non-hydrogen) atoms. The third-order valence-corrected chi connectivity index (χ3v) is 3.87. The Morgan fingerprint density at radius 3 is 2.00 bits per heavy atom. The molecule has 5 heteroatoms. The van der Waals surface area contributed by atoms with Gasteiger partial charge in [-0.15, -0.1) is 0 Å². The maximum Gasteiger partial charge on any atom is 0.321 e. The van der Waals surface area contributed by atoms with Crippen LogP contribution >= 0.6 is 0 Å². The summed E-state index contributed by atoms with van der Waals surface area (Å²) in [5.74, 6) is -1.39. The van der Waals surface area contributed by atoms with Crippen molar-refractivity contribution in [2.45, 2.75) is 6.92 Å². The van der Waals surface area contributed by atoms with E-state index in [1.165, 1.54) is 4.90 Å². The highest BCUT2D eigenvalue weighted by atomic mass is 16.2. The molecule has 0 radical (unpaired) electrons. The molecular formula is C21H19N3O2. The van der Waals surface area contributed by atoms with Gasteiger partial charge in [0.05, 0.1) is 0 Å². The molecule has 130 valence electrons. The molecule has 3 aromatic carbocycles. The van der Waals surface area contributed by atoms with Crippen molar-refractivity contribution >= 4 is 34.6 Å². The Labute approximate surface area is 152 Å². The van der Waals surface area contributed by atoms with Crippen molar-refractivity contribution in [3.63, 3.8) is 0 Å². The molecule has 0 aliphatic heterocycles. The van der Waals surface area contributed by atoms with Crippen LogP contribution in [0.25, 0.3) is 0 Å². The Morgan fingerprint density at radius 1 is 0.808 bits per heavy atom. The highest BCUT2D eigenvalue weighted by Gasteiger charge is 2.25. The first-order valence-electron chi connectivity index (χ1n) is 8.17. The maximum absolute atomic E-state index is 12.9. The van der Waals surface area contributed by atoms with E-state index in [0.717, 1.165) is 5.56 Å². The van der Waals surface area contributed by atoms with E-state index in [9.17, 15) is 9.59 Å². The number of rotatable bonds is 3. The second-order valence-electron chi connectivity index (χ2n) is 5.89. The van der Waals surface area contributed by atoms with Crippen molar-refractivity contribution in [1.29, 1.82) is 0 Å². The van der Waals surface area contributed by atoms with Gasteiger partial charge in [0.15, 0.2) is 0 Å². The predicted octanol–water partition coefficient (Wildman–Crippen LogP) is 3.88. The van der Waals surface area contributed by atoms with Crippen molar-refractivity contribution in [3.8, 4) is 0 Å². The van der Waals surface area contributed by atoms with E-state index in [-0.39, 0.29) is 0 Å². The second kappa shape index (κ2) is 7.53. The van der Waals surface area contributed by atoms with E-state index in [1.807, 2.05) is 37.3 Å². The molecule has 0 fully saturated rings. The smallest absolute Gasteiger partial charge is 0.321 e. The van der Waals surface area contributed by atoms with Gasteiger partial charge in [-0.25, -0.2) is 0 Å². The van der Waals surface area contributed by atoms with Crippen LogP contribution in [0.2, 0.25) is 0 Å². The first kappa shape index (κ1) is 17.2. The minimum absolute atomic E-state index is 0.564. The highest BCUT2D eigenvalue weighted by Crippen LogP contribution is 2.26. The molecular weight excluding hydrogens is 326 g/mol. The van der Waals surface area contributed by atoms with Crippen LogP contribution in [-0.2, 0) is 9.59 Å². The molecule has 0 aliphatic rings. The van der Waals surface area contributed by atoms with E-state index in [2.05, 4.69) is 5.32 Å². The van der Waals surface area contributed by atoms with Crippen LogP contribution in [0, 0.1) is 6.92 Å². The Kier molecular flexibility index (Phi) is 4.99. The molecule has 0 atom stereocenters. The number of nitrogens with two attached hydrogens (primary N) is 1. The standard InChI is InChI=1S/C21H19N3O2/c1-15-7-11-17(12-8-15)23-20(25)21(26)24(18-5-3-2-4-6-18)19-13-9-16(22)10-14-19/h2-14H,22H2,1H3,(H,23,25). The van der Waals surface area contributed by atoms with Crippen molar-refractivity contribution < 1.29 is 9.59 Å². The lowest BCUT2D eigenvalue weighted by Gasteiger charge is -2.22. The van der Waals surface area contributed by atoms with Gasteiger partial charge in [0.1, 0.15) is 0 Å². The van der Waals surface area contributed by atoms with Crippen molar-refractivity contribution in [2.24, 2.45) is 0 Å². The third-order valence-electron chi connectivity index (χ3n) is 3.87. The molecule has 3 aromatic rings. The number of aryl methyl sites for hydroxylation is 1. The number of hydrogen-bond acceptors (Lipinski definition) is 3. The number of amides is 2. The second-order valence-corrected chi connectivity index (χ2v) is 5.89. The van der Waals surface area contributed by atoms with Gasteiger partial charge >= 0.3 is 11.8 Å². The minimum atomic E-state index is -0.713. The fraction of sp³-hybridized carbons (Fsp3) is 0.0476. The summed E-state index contributed by atoms with van der Waals surface area (Å²) >= 11 is 0. The Bertz CT molecular complexity index is 904. The first-order valence-corrected chi connectivity index (χ1v) is 8.17. The van der Waals surface area contributed by atoms with Gasteiger partial charge in [0.2, 0.25) is 0 Å².